The first-order chi connectivity index (χ1) is 12.3. The summed E-state index contributed by atoms with van der Waals surface area (Å²) in [6.45, 7) is 6.08. The number of halogens is 1. The normalized spacial score (nSPS) is 11.5. The number of anilines is 1. The summed E-state index contributed by atoms with van der Waals surface area (Å²) >= 11 is 2.40. The second-order valence-electron chi connectivity index (χ2n) is 6.35. The molecule has 7 nitrogen and oxygen atoms in total. The smallest absolute Gasteiger partial charge is 0.277 e. The highest BCUT2D eigenvalue weighted by Crippen LogP contribution is 2.28. The topological polar surface area (TPSA) is 93.8 Å². The van der Waals surface area contributed by atoms with Gasteiger partial charge in [-0.2, -0.15) is 0 Å². The third kappa shape index (κ3) is 4.44. The highest BCUT2D eigenvalue weighted by molar-refractivity contribution is 7.99. The molecule has 0 fully saturated rings. The molecule has 0 saturated carbocycles. The third-order valence-electron chi connectivity index (χ3n) is 3.15. The summed E-state index contributed by atoms with van der Waals surface area (Å²) < 4.78 is 19.1. The van der Waals surface area contributed by atoms with Crippen LogP contribution in [0.25, 0.3) is 11.5 Å². The van der Waals surface area contributed by atoms with Crippen LogP contribution in [0.1, 0.15) is 25.8 Å². The van der Waals surface area contributed by atoms with Crippen molar-refractivity contribution in [1.29, 1.82) is 0 Å². The van der Waals surface area contributed by atoms with E-state index >= 15 is 0 Å². The van der Waals surface area contributed by atoms with Crippen molar-refractivity contribution in [1.82, 2.24) is 20.4 Å². The number of hydrogen-bond acceptors (Lipinski definition) is 8. The number of benzene rings is 1. The molecule has 2 heterocycles. The Morgan fingerprint density at radius 1 is 1.23 bits per heavy atom. The Hall–Kier alpha value is -2.33. The summed E-state index contributed by atoms with van der Waals surface area (Å²) in [5, 5.41) is 19.8. The van der Waals surface area contributed by atoms with Gasteiger partial charge in [-0.25, -0.2) is 4.39 Å². The van der Waals surface area contributed by atoms with E-state index in [4.69, 9.17) is 4.42 Å². The van der Waals surface area contributed by atoms with Crippen molar-refractivity contribution >= 4 is 34.1 Å². The number of hydrogen-bond donors (Lipinski definition) is 1. The maximum Gasteiger partial charge on any atom is 0.277 e. The number of amides is 1. The number of rotatable bonds is 5. The number of carbonyl (C=O) groups excluding carboxylic acids is 1. The van der Waals surface area contributed by atoms with E-state index in [2.05, 4.69) is 25.7 Å². The first kappa shape index (κ1) is 18.5. The van der Waals surface area contributed by atoms with Crippen LogP contribution in [0.5, 0.6) is 0 Å². The highest BCUT2D eigenvalue weighted by atomic mass is 32.2. The molecule has 0 bridgehead atoms. The minimum Gasteiger partial charge on any atom is -0.411 e. The lowest BCUT2D eigenvalue weighted by atomic mass is 9.98. The molecule has 0 saturated heterocycles. The van der Waals surface area contributed by atoms with Crippen molar-refractivity contribution in [3.8, 4) is 11.5 Å². The van der Waals surface area contributed by atoms with Crippen LogP contribution in [0.4, 0.5) is 9.52 Å². The van der Waals surface area contributed by atoms with Crippen molar-refractivity contribution in [2.24, 2.45) is 0 Å². The fraction of sp³-hybridized carbons (Fsp3) is 0.312. The molecule has 26 heavy (non-hydrogen) atoms. The maximum absolute atomic E-state index is 13.7. The lowest BCUT2D eigenvalue weighted by Crippen LogP contribution is -2.13. The standard InChI is InChI=1S/C16H16FN5O2S2/c1-16(2,3)13-20-21-14(26-13)18-11(23)8-25-15-22-19-12(24-15)9-6-4-5-7-10(9)17/h4-7H,8H2,1-3H3,(H,18,21,23). The molecule has 2 aromatic heterocycles. The highest BCUT2D eigenvalue weighted by Gasteiger charge is 2.20. The number of carbonyl (C=O) groups is 1. The third-order valence-corrected chi connectivity index (χ3v) is 5.23. The summed E-state index contributed by atoms with van der Waals surface area (Å²) in [6, 6.07) is 6.12. The predicted octanol–water partition coefficient (Wildman–Crippen LogP) is 3.76. The second-order valence-corrected chi connectivity index (χ2v) is 8.26. The average Bonchev–Trinajstić information content (AvgIpc) is 3.22. The molecule has 0 atom stereocenters. The van der Waals surface area contributed by atoms with Crippen LogP contribution in [0.2, 0.25) is 0 Å². The molecule has 1 N–H and O–H groups in total. The first-order valence-corrected chi connectivity index (χ1v) is 9.48. The lowest BCUT2D eigenvalue weighted by Gasteiger charge is -2.12. The molecule has 10 heteroatoms. The number of nitrogens with zero attached hydrogens (tertiary/aromatic N) is 4. The fourth-order valence-electron chi connectivity index (χ4n) is 1.87. The summed E-state index contributed by atoms with van der Waals surface area (Å²) in [4.78, 5) is 12.0. The van der Waals surface area contributed by atoms with E-state index in [1.165, 1.54) is 17.4 Å². The molecular formula is C16H16FN5O2S2. The molecule has 0 aliphatic rings. The van der Waals surface area contributed by atoms with E-state index in [-0.39, 0.29) is 33.8 Å². The molecular weight excluding hydrogens is 377 g/mol. The Labute approximate surface area is 157 Å². The minimum atomic E-state index is -0.448. The zero-order valence-electron chi connectivity index (χ0n) is 14.3. The van der Waals surface area contributed by atoms with E-state index in [1.54, 1.807) is 18.2 Å². The maximum atomic E-state index is 13.7. The van der Waals surface area contributed by atoms with Crippen LogP contribution in [0, 0.1) is 5.82 Å². The largest absolute Gasteiger partial charge is 0.411 e. The van der Waals surface area contributed by atoms with Crippen molar-refractivity contribution in [2.45, 2.75) is 31.4 Å². The van der Waals surface area contributed by atoms with Gasteiger partial charge in [-0.15, -0.1) is 20.4 Å². The Morgan fingerprint density at radius 2 is 2.00 bits per heavy atom. The molecule has 0 spiro atoms. The molecule has 3 rings (SSSR count). The van der Waals surface area contributed by atoms with Gasteiger partial charge in [0.25, 0.3) is 11.1 Å². The van der Waals surface area contributed by atoms with Crippen molar-refractivity contribution < 1.29 is 13.6 Å². The molecule has 0 radical (unpaired) electrons. The monoisotopic (exact) mass is 393 g/mol. The van der Waals surface area contributed by atoms with Crippen LogP contribution in [-0.2, 0) is 10.2 Å². The van der Waals surface area contributed by atoms with Gasteiger partial charge in [-0.3, -0.25) is 10.1 Å². The lowest BCUT2D eigenvalue weighted by molar-refractivity contribution is -0.113. The van der Waals surface area contributed by atoms with Gasteiger partial charge in [0.05, 0.1) is 11.3 Å². The SMILES string of the molecule is CC(C)(C)c1nnc(NC(=O)CSc2nnc(-c3ccccc3F)o2)s1. The van der Waals surface area contributed by atoms with Crippen molar-refractivity contribution in [2.75, 3.05) is 11.1 Å². The second kappa shape index (κ2) is 7.50. The number of thioether (sulfide) groups is 1. The van der Waals surface area contributed by atoms with Gasteiger partial charge in [0, 0.05) is 5.41 Å². The molecule has 0 aliphatic heterocycles. The average molecular weight is 393 g/mol. The van der Waals surface area contributed by atoms with Gasteiger partial charge in [0.2, 0.25) is 11.0 Å². The minimum absolute atomic E-state index is 0.0589. The summed E-state index contributed by atoms with van der Waals surface area (Å²) in [7, 11) is 0. The van der Waals surface area contributed by atoms with Crippen LogP contribution in [-0.4, -0.2) is 32.1 Å². The van der Waals surface area contributed by atoms with Gasteiger partial charge in [-0.1, -0.05) is 56.0 Å². The van der Waals surface area contributed by atoms with E-state index in [0.29, 0.717) is 5.13 Å². The molecule has 1 aromatic carbocycles. The van der Waals surface area contributed by atoms with Gasteiger partial charge < -0.3 is 4.42 Å². The van der Waals surface area contributed by atoms with E-state index in [9.17, 15) is 9.18 Å². The molecule has 136 valence electrons. The van der Waals surface area contributed by atoms with Gasteiger partial charge in [-0.05, 0) is 12.1 Å². The molecule has 0 unspecified atom stereocenters. The predicted molar refractivity (Wildman–Crippen MR) is 97.7 cm³/mol. The molecule has 3 aromatic rings. The van der Waals surface area contributed by atoms with E-state index in [0.717, 1.165) is 16.8 Å². The Bertz CT molecular complexity index is 919. The fourth-order valence-corrected chi connectivity index (χ4v) is 3.25. The first-order valence-electron chi connectivity index (χ1n) is 7.68. The zero-order chi connectivity index (χ0) is 18.7. The summed E-state index contributed by atoms with van der Waals surface area (Å²) in [5.41, 5.74) is 0.0994. The summed E-state index contributed by atoms with van der Waals surface area (Å²) in [6.07, 6.45) is 0. The van der Waals surface area contributed by atoms with Crippen molar-refractivity contribution in [3.05, 3.63) is 35.1 Å². The van der Waals surface area contributed by atoms with E-state index < -0.39 is 5.82 Å². The Morgan fingerprint density at radius 3 is 2.69 bits per heavy atom. The summed E-state index contributed by atoms with van der Waals surface area (Å²) in [5.74, 6) is -0.581. The quantitative estimate of drug-likeness (QED) is 0.660. The van der Waals surface area contributed by atoms with Crippen LogP contribution >= 0.6 is 23.1 Å². The van der Waals surface area contributed by atoms with Gasteiger partial charge in [0.15, 0.2) is 0 Å². The van der Waals surface area contributed by atoms with Gasteiger partial charge in [0.1, 0.15) is 10.8 Å². The zero-order valence-corrected chi connectivity index (χ0v) is 15.9. The molecule has 1 amide bonds. The Kier molecular flexibility index (Phi) is 5.33. The van der Waals surface area contributed by atoms with Crippen LogP contribution < -0.4 is 5.32 Å². The van der Waals surface area contributed by atoms with Gasteiger partial charge >= 0.3 is 0 Å². The Balaban J connectivity index is 1.57. The van der Waals surface area contributed by atoms with Crippen molar-refractivity contribution in [3.63, 3.8) is 0 Å². The number of aromatic nitrogens is 4. The van der Waals surface area contributed by atoms with E-state index in [1.807, 2.05) is 20.8 Å². The molecule has 0 aliphatic carbocycles. The number of nitrogens with one attached hydrogen (secondary N) is 1. The van der Waals surface area contributed by atoms with Crippen LogP contribution in [0.15, 0.2) is 33.9 Å². The van der Waals surface area contributed by atoms with Crippen LogP contribution in [0.3, 0.4) is 0 Å².